The van der Waals surface area contributed by atoms with Crippen LogP contribution in [0.15, 0.2) is 0 Å². The van der Waals surface area contributed by atoms with Gasteiger partial charge in [-0.2, -0.15) is 0 Å². The van der Waals surface area contributed by atoms with E-state index in [2.05, 4.69) is 4.74 Å². The minimum atomic E-state index is -0.407. The molecule has 0 rings (SSSR count). The Bertz CT molecular complexity index is 263. The van der Waals surface area contributed by atoms with Gasteiger partial charge < -0.3 is 20.1 Å². The summed E-state index contributed by atoms with van der Waals surface area (Å²) in [7, 11) is 2.35. The van der Waals surface area contributed by atoms with Crippen molar-refractivity contribution in [1.29, 1.82) is 0 Å². The van der Waals surface area contributed by atoms with E-state index in [0.29, 0.717) is 6.42 Å². The minimum Gasteiger partial charge on any atom is -0.870 e. The SMILES string of the molecule is CC(=O)C(C)C(C)=O.CCC(C)=O.CO.COC(C)=O.[K+].[OH-]. The fourth-order valence-corrected chi connectivity index (χ4v) is 0.286. The van der Waals surface area contributed by atoms with Crippen LogP contribution in [0.25, 0.3) is 0 Å². The number of ketones is 3. The molecule has 0 spiro atoms. The monoisotopic (exact) mass is 348 g/mol. The van der Waals surface area contributed by atoms with E-state index in [-0.39, 0.29) is 80.2 Å². The van der Waals surface area contributed by atoms with Crippen molar-refractivity contribution in [1.82, 2.24) is 0 Å². The summed E-state index contributed by atoms with van der Waals surface area (Å²) in [6, 6.07) is 0. The molecule has 0 aromatic rings. The zero-order chi connectivity index (χ0) is 17.3. The van der Waals surface area contributed by atoms with Gasteiger partial charge in [-0.05, 0) is 27.7 Å². The first-order valence-corrected chi connectivity index (χ1v) is 6.09. The molecule has 8 heteroatoms. The summed E-state index contributed by atoms with van der Waals surface area (Å²) in [5, 5.41) is 7.00. The summed E-state index contributed by atoms with van der Waals surface area (Å²) in [6.07, 6.45) is 0.667. The van der Waals surface area contributed by atoms with Crippen LogP contribution in [0.1, 0.15) is 48.0 Å². The van der Waals surface area contributed by atoms with Gasteiger partial charge in [0.05, 0.1) is 13.0 Å². The van der Waals surface area contributed by atoms with Crippen molar-refractivity contribution in [2.75, 3.05) is 14.2 Å². The number of hydrogen-bond acceptors (Lipinski definition) is 7. The van der Waals surface area contributed by atoms with Crippen LogP contribution in [-0.4, -0.2) is 48.1 Å². The number of Topliss-reactive ketones (excluding diaryl/α,β-unsaturated/α-hetero) is 3. The number of carbonyl (C=O) groups is 4. The maximum absolute atomic E-state index is 10.4. The quantitative estimate of drug-likeness (QED) is 0.369. The van der Waals surface area contributed by atoms with Crippen LogP contribution >= 0.6 is 0 Å². The Balaban J connectivity index is -0.0000000408. The van der Waals surface area contributed by atoms with Gasteiger partial charge in [0.1, 0.15) is 17.3 Å². The third kappa shape index (κ3) is 50.1. The Kier molecular flexibility index (Phi) is 50.2. The summed E-state index contributed by atoms with van der Waals surface area (Å²) < 4.78 is 4.11. The maximum atomic E-state index is 10.4. The second-order valence-electron chi connectivity index (χ2n) is 3.69. The number of carbonyl (C=O) groups excluding carboxylic acids is 4. The van der Waals surface area contributed by atoms with Crippen molar-refractivity contribution in [3.8, 4) is 0 Å². The van der Waals surface area contributed by atoms with Crippen molar-refractivity contribution < 1.29 is 85.9 Å². The molecule has 0 fully saturated rings. The van der Waals surface area contributed by atoms with Crippen LogP contribution in [0.3, 0.4) is 0 Å². The van der Waals surface area contributed by atoms with E-state index in [1.165, 1.54) is 27.9 Å². The first-order valence-electron chi connectivity index (χ1n) is 6.09. The molecular formula is C14H29KO7. The first kappa shape index (κ1) is 37.9. The van der Waals surface area contributed by atoms with Crippen LogP contribution in [0.4, 0.5) is 0 Å². The molecule has 0 aromatic heterocycles. The van der Waals surface area contributed by atoms with Gasteiger partial charge in [-0.1, -0.05) is 6.92 Å². The third-order valence-electron chi connectivity index (χ3n) is 2.00. The van der Waals surface area contributed by atoms with E-state index in [0.717, 1.165) is 7.11 Å². The normalized spacial score (nSPS) is 7.00. The zero-order valence-electron chi connectivity index (χ0n) is 15.2. The second kappa shape index (κ2) is 29.1. The van der Waals surface area contributed by atoms with E-state index < -0.39 is 5.92 Å². The van der Waals surface area contributed by atoms with Gasteiger partial charge in [-0.15, -0.1) is 0 Å². The molecule has 0 amide bonds. The molecule has 0 saturated carbocycles. The van der Waals surface area contributed by atoms with Gasteiger partial charge in [0.25, 0.3) is 0 Å². The summed E-state index contributed by atoms with van der Waals surface area (Å²) in [5.74, 6) is -0.514. The topological polar surface area (TPSA) is 128 Å². The predicted octanol–water partition coefficient (Wildman–Crippen LogP) is -1.60. The molecule has 0 aromatic carbocycles. The molecule has 7 nitrogen and oxygen atoms in total. The van der Waals surface area contributed by atoms with E-state index in [9.17, 15) is 19.2 Å². The Labute approximate surface area is 175 Å². The largest absolute Gasteiger partial charge is 1.00 e. The molecule has 22 heavy (non-hydrogen) atoms. The minimum absolute atomic E-state index is 0. The Hall–Kier alpha value is 0.0364. The number of ether oxygens (including phenoxy) is 1. The Morgan fingerprint density at radius 2 is 1.14 bits per heavy atom. The van der Waals surface area contributed by atoms with Crippen molar-refractivity contribution in [3.05, 3.63) is 0 Å². The summed E-state index contributed by atoms with van der Waals surface area (Å²) >= 11 is 0. The van der Waals surface area contributed by atoms with Crippen LogP contribution in [0, 0.1) is 5.92 Å². The molecule has 0 atom stereocenters. The van der Waals surface area contributed by atoms with E-state index in [4.69, 9.17) is 5.11 Å². The summed E-state index contributed by atoms with van der Waals surface area (Å²) in [6.45, 7) is 9.26. The molecule has 0 aliphatic rings. The number of rotatable bonds is 3. The molecule has 0 saturated heterocycles. The number of methoxy groups -OCH3 is 1. The molecule has 0 aliphatic carbocycles. The first-order chi connectivity index (χ1) is 9.09. The maximum Gasteiger partial charge on any atom is 1.00 e. The average molecular weight is 348 g/mol. The second-order valence-corrected chi connectivity index (χ2v) is 3.69. The van der Waals surface area contributed by atoms with Gasteiger partial charge in [0, 0.05) is 20.5 Å². The zero-order valence-corrected chi connectivity index (χ0v) is 18.3. The van der Waals surface area contributed by atoms with Gasteiger partial charge in [0.15, 0.2) is 0 Å². The van der Waals surface area contributed by atoms with Crippen LogP contribution in [-0.2, 0) is 23.9 Å². The van der Waals surface area contributed by atoms with Gasteiger partial charge in [-0.25, -0.2) is 0 Å². The van der Waals surface area contributed by atoms with Crippen molar-refractivity contribution >= 4 is 23.3 Å². The number of hydrogen-bond donors (Lipinski definition) is 1. The molecular weight excluding hydrogens is 319 g/mol. The van der Waals surface area contributed by atoms with E-state index >= 15 is 0 Å². The molecule has 0 radical (unpaired) electrons. The standard InChI is InChI=1S/C6H10O2.C4H8O.C3H6O2.CH4O.K.H2O/c1-4(5(2)7)6(3)8;1-3-4(2)5;1-3(4)5-2;1-2;;/h4H,1-3H3;3H2,1-2H3;1-2H3;2H,1H3;;1H2/q;;;;+1;/p-1. The molecule has 0 aliphatic heterocycles. The van der Waals surface area contributed by atoms with Crippen molar-refractivity contribution in [2.45, 2.75) is 48.0 Å². The van der Waals surface area contributed by atoms with Gasteiger partial charge >= 0.3 is 57.4 Å². The molecule has 0 unspecified atom stereocenters. The van der Waals surface area contributed by atoms with Crippen LogP contribution < -0.4 is 51.4 Å². The molecule has 0 heterocycles. The van der Waals surface area contributed by atoms with Crippen LogP contribution in [0.2, 0.25) is 0 Å². The molecule has 0 bridgehead atoms. The number of aliphatic hydroxyl groups is 1. The molecule has 128 valence electrons. The van der Waals surface area contributed by atoms with E-state index in [1.54, 1.807) is 13.8 Å². The predicted molar refractivity (Wildman–Crippen MR) is 79.3 cm³/mol. The fourth-order valence-electron chi connectivity index (χ4n) is 0.286. The van der Waals surface area contributed by atoms with Gasteiger partial charge in [-0.3, -0.25) is 14.4 Å². The third-order valence-corrected chi connectivity index (χ3v) is 2.00. The summed E-state index contributed by atoms with van der Waals surface area (Å²) in [5.41, 5.74) is 0. The van der Waals surface area contributed by atoms with Crippen molar-refractivity contribution in [3.63, 3.8) is 0 Å². The van der Waals surface area contributed by atoms with Crippen LogP contribution in [0.5, 0.6) is 0 Å². The number of aliphatic hydroxyl groups excluding tert-OH is 1. The Morgan fingerprint density at radius 3 is 1.14 bits per heavy atom. The van der Waals surface area contributed by atoms with Gasteiger partial charge in [0.2, 0.25) is 0 Å². The van der Waals surface area contributed by atoms with Crippen molar-refractivity contribution in [2.24, 2.45) is 5.92 Å². The summed E-state index contributed by atoms with van der Waals surface area (Å²) in [4.78, 5) is 40.1. The average Bonchev–Trinajstić information content (AvgIpc) is 2.41. The fraction of sp³-hybridized carbons (Fsp3) is 0.714. The number of esters is 1. The smallest absolute Gasteiger partial charge is 0.870 e. The Morgan fingerprint density at radius 1 is 0.955 bits per heavy atom. The molecule has 2 N–H and O–H groups in total. The van der Waals surface area contributed by atoms with E-state index in [1.807, 2.05) is 6.92 Å².